The lowest BCUT2D eigenvalue weighted by atomic mass is 10.2. The van der Waals surface area contributed by atoms with E-state index in [1.807, 2.05) is 11.0 Å². The second-order valence-electron chi connectivity index (χ2n) is 5.14. The number of aromatic nitrogens is 1. The summed E-state index contributed by atoms with van der Waals surface area (Å²) in [5.74, 6) is -0.554. The topological polar surface area (TPSA) is 42.4 Å². The second-order valence-corrected chi connectivity index (χ2v) is 8.62. The summed E-state index contributed by atoms with van der Waals surface area (Å²) in [6.07, 6.45) is -0.132. The Balaban J connectivity index is 1.39. The quantitative estimate of drug-likeness (QED) is 0.601. The average Bonchev–Trinajstić information content (AvgIpc) is 3.07. The highest BCUT2D eigenvalue weighted by Crippen LogP contribution is 2.32. The van der Waals surface area contributed by atoms with Crippen LogP contribution in [0.4, 0.5) is 9.52 Å². The van der Waals surface area contributed by atoms with Crippen LogP contribution in [0.1, 0.15) is 9.67 Å². The maximum absolute atomic E-state index is 13.2. The summed E-state index contributed by atoms with van der Waals surface area (Å²) in [5, 5.41) is 0.830. The number of esters is 1. The van der Waals surface area contributed by atoms with Crippen LogP contribution >= 0.6 is 38.6 Å². The van der Waals surface area contributed by atoms with E-state index < -0.39 is 0 Å². The zero-order valence-electron chi connectivity index (χ0n) is 11.7. The maximum Gasteiger partial charge on any atom is 0.348 e. The van der Waals surface area contributed by atoms with E-state index >= 15 is 0 Å². The van der Waals surface area contributed by atoms with Gasteiger partial charge in [-0.05, 0) is 46.3 Å². The number of hydrogen-bond acceptors (Lipinski definition) is 6. The molecule has 8 heteroatoms. The van der Waals surface area contributed by atoms with Gasteiger partial charge in [0.25, 0.3) is 0 Å². The first-order chi connectivity index (χ1) is 11.1. The molecule has 1 aliphatic heterocycles. The number of rotatable bonds is 3. The number of anilines is 1. The van der Waals surface area contributed by atoms with Gasteiger partial charge in [-0.1, -0.05) is 11.3 Å². The summed E-state index contributed by atoms with van der Waals surface area (Å²) < 4.78 is 20.4. The third kappa shape index (κ3) is 2.98. The molecule has 0 radical (unpaired) electrons. The van der Waals surface area contributed by atoms with Crippen molar-refractivity contribution in [2.24, 2.45) is 0 Å². The van der Waals surface area contributed by atoms with Gasteiger partial charge >= 0.3 is 5.97 Å². The van der Waals surface area contributed by atoms with Gasteiger partial charge in [0.15, 0.2) is 5.13 Å². The number of thiazole rings is 1. The molecule has 0 amide bonds. The van der Waals surface area contributed by atoms with Crippen molar-refractivity contribution >= 4 is 59.9 Å². The fourth-order valence-electron chi connectivity index (χ4n) is 2.32. The predicted octanol–water partition coefficient (Wildman–Crippen LogP) is 4.31. The number of nitrogens with zero attached hydrogens (tertiary/aromatic N) is 2. The number of thiophene rings is 1. The van der Waals surface area contributed by atoms with Crippen LogP contribution in [0, 0.1) is 5.82 Å². The second kappa shape index (κ2) is 5.85. The summed E-state index contributed by atoms with van der Waals surface area (Å²) in [6, 6.07) is 8.15. The van der Waals surface area contributed by atoms with E-state index in [2.05, 4.69) is 20.9 Å². The zero-order chi connectivity index (χ0) is 16.0. The van der Waals surface area contributed by atoms with Gasteiger partial charge in [0.05, 0.1) is 27.1 Å². The Bertz CT molecular complexity index is 889. The molecular formula is C15H10BrFN2O2S2. The van der Waals surface area contributed by atoms with Crippen molar-refractivity contribution in [2.75, 3.05) is 18.0 Å². The number of carbonyl (C=O) groups excluding carboxylic acids is 1. The molecule has 1 aliphatic rings. The highest BCUT2D eigenvalue weighted by molar-refractivity contribution is 9.11. The van der Waals surface area contributed by atoms with Crippen LogP contribution in [0.15, 0.2) is 34.1 Å². The van der Waals surface area contributed by atoms with Crippen molar-refractivity contribution in [3.05, 3.63) is 44.8 Å². The van der Waals surface area contributed by atoms with Gasteiger partial charge in [-0.25, -0.2) is 14.2 Å². The molecule has 0 spiro atoms. The monoisotopic (exact) mass is 412 g/mol. The minimum absolute atomic E-state index is 0.132. The van der Waals surface area contributed by atoms with Crippen molar-refractivity contribution in [2.45, 2.75) is 6.10 Å². The van der Waals surface area contributed by atoms with Gasteiger partial charge in [-0.2, -0.15) is 0 Å². The van der Waals surface area contributed by atoms with Crippen LogP contribution in [0.3, 0.4) is 0 Å². The van der Waals surface area contributed by atoms with Crippen LogP contribution in [0.25, 0.3) is 10.2 Å². The number of hydrogen-bond donors (Lipinski definition) is 0. The highest BCUT2D eigenvalue weighted by Gasteiger charge is 2.32. The van der Waals surface area contributed by atoms with Crippen LogP contribution < -0.4 is 4.90 Å². The molecule has 3 aromatic rings. The molecule has 2 aromatic heterocycles. The van der Waals surface area contributed by atoms with E-state index in [-0.39, 0.29) is 17.9 Å². The lowest BCUT2D eigenvalue weighted by Crippen LogP contribution is -2.53. The van der Waals surface area contributed by atoms with E-state index in [0.717, 1.165) is 19.1 Å². The third-order valence-corrected chi connectivity index (χ3v) is 6.19. The molecule has 0 saturated carbocycles. The normalized spacial score (nSPS) is 15.0. The maximum atomic E-state index is 13.2. The molecule has 1 saturated heterocycles. The van der Waals surface area contributed by atoms with Gasteiger partial charge in [0.1, 0.15) is 16.8 Å². The van der Waals surface area contributed by atoms with Crippen LogP contribution in [0.5, 0.6) is 0 Å². The molecule has 1 aromatic carbocycles. The zero-order valence-corrected chi connectivity index (χ0v) is 14.9. The highest BCUT2D eigenvalue weighted by atomic mass is 79.9. The van der Waals surface area contributed by atoms with Crippen LogP contribution in [-0.2, 0) is 4.74 Å². The average molecular weight is 413 g/mol. The molecule has 0 atom stereocenters. The Morgan fingerprint density at radius 1 is 1.30 bits per heavy atom. The number of ether oxygens (including phenoxy) is 1. The smallest absolute Gasteiger partial charge is 0.348 e. The number of fused-ring (bicyclic) bond motifs is 1. The lowest BCUT2D eigenvalue weighted by molar-refractivity contribution is 0.0240. The fourth-order valence-corrected chi connectivity index (χ4v) is 4.60. The van der Waals surface area contributed by atoms with E-state index in [4.69, 9.17) is 4.74 Å². The largest absolute Gasteiger partial charge is 0.454 e. The Morgan fingerprint density at radius 3 is 2.87 bits per heavy atom. The molecule has 0 unspecified atom stereocenters. The molecule has 0 aliphatic carbocycles. The summed E-state index contributed by atoms with van der Waals surface area (Å²) in [5.41, 5.74) is 0.787. The van der Waals surface area contributed by atoms with E-state index in [0.29, 0.717) is 18.0 Å². The van der Waals surface area contributed by atoms with Gasteiger partial charge in [0.2, 0.25) is 0 Å². The van der Waals surface area contributed by atoms with Crippen molar-refractivity contribution in [1.82, 2.24) is 4.98 Å². The summed E-state index contributed by atoms with van der Waals surface area (Å²) in [4.78, 5) is 19.1. The molecule has 23 heavy (non-hydrogen) atoms. The van der Waals surface area contributed by atoms with Crippen molar-refractivity contribution in [3.8, 4) is 0 Å². The number of carbonyl (C=O) groups is 1. The molecule has 118 valence electrons. The number of halogens is 2. The Kier molecular flexibility index (Phi) is 3.82. The van der Waals surface area contributed by atoms with Gasteiger partial charge < -0.3 is 9.64 Å². The Hall–Kier alpha value is -1.51. The van der Waals surface area contributed by atoms with Crippen molar-refractivity contribution in [1.29, 1.82) is 0 Å². The van der Waals surface area contributed by atoms with Crippen LogP contribution in [0.2, 0.25) is 0 Å². The lowest BCUT2D eigenvalue weighted by Gasteiger charge is -2.38. The van der Waals surface area contributed by atoms with Gasteiger partial charge in [0, 0.05) is 0 Å². The van der Waals surface area contributed by atoms with E-state index in [1.54, 1.807) is 12.1 Å². The molecular weight excluding hydrogens is 403 g/mol. The SMILES string of the molecule is O=C(OC1CN(c2nc3ccc(F)cc3s2)C1)c1ccc(Br)s1. The molecule has 4 nitrogen and oxygen atoms in total. The summed E-state index contributed by atoms with van der Waals surface area (Å²) in [6.45, 7) is 1.22. The van der Waals surface area contributed by atoms with E-state index in [1.165, 1.54) is 34.8 Å². The predicted molar refractivity (Wildman–Crippen MR) is 93.0 cm³/mol. The summed E-state index contributed by atoms with van der Waals surface area (Å²) >= 11 is 6.13. The molecule has 3 heterocycles. The number of benzene rings is 1. The molecule has 4 rings (SSSR count). The minimum Gasteiger partial charge on any atom is -0.454 e. The third-order valence-electron chi connectivity index (χ3n) is 3.51. The van der Waals surface area contributed by atoms with Crippen molar-refractivity contribution < 1.29 is 13.9 Å². The van der Waals surface area contributed by atoms with Crippen molar-refractivity contribution in [3.63, 3.8) is 0 Å². The Morgan fingerprint density at radius 2 is 2.13 bits per heavy atom. The fraction of sp³-hybridized carbons (Fsp3) is 0.200. The first-order valence-corrected chi connectivity index (χ1v) is 9.28. The Labute approximate surface area is 147 Å². The molecule has 0 N–H and O–H groups in total. The van der Waals surface area contributed by atoms with Crippen LogP contribution in [-0.4, -0.2) is 30.1 Å². The minimum atomic E-state index is -0.295. The van der Waals surface area contributed by atoms with Gasteiger partial charge in [-0.3, -0.25) is 0 Å². The molecule has 0 bridgehead atoms. The molecule has 1 fully saturated rings. The standard InChI is InChI=1S/C15H10BrFN2O2S2/c16-13-4-3-11(22-13)14(20)21-9-6-19(7-9)15-18-10-2-1-8(17)5-12(10)23-15/h1-5,9H,6-7H2. The first kappa shape index (κ1) is 15.0. The first-order valence-electron chi connectivity index (χ1n) is 6.86. The van der Waals surface area contributed by atoms with E-state index in [9.17, 15) is 9.18 Å². The van der Waals surface area contributed by atoms with Gasteiger partial charge in [-0.15, -0.1) is 11.3 Å². The summed E-state index contributed by atoms with van der Waals surface area (Å²) in [7, 11) is 0.